The van der Waals surface area contributed by atoms with Crippen molar-refractivity contribution in [2.45, 2.75) is 37.6 Å². The second-order valence-electron chi connectivity index (χ2n) is 4.99. The Bertz CT molecular complexity index is 394. The largest absolute Gasteiger partial charge is 0.313 e. The van der Waals surface area contributed by atoms with Crippen molar-refractivity contribution in [2.24, 2.45) is 0 Å². The van der Waals surface area contributed by atoms with Crippen LogP contribution in [0.5, 0.6) is 0 Å². The molecule has 2 unspecified atom stereocenters. The molecule has 84 valence electrons. The SMILES string of the molecule is C1=CCC(NCC2Cc3ccccc32)CC1. The van der Waals surface area contributed by atoms with Gasteiger partial charge < -0.3 is 5.32 Å². The summed E-state index contributed by atoms with van der Waals surface area (Å²) in [6.45, 7) is 1.16. The van der Waals surface area contributed by atoms with Gasteiger partial charge in [0.15, 0.2) is 0 Å². The Kier molecular flexibility index (Phi) is 2.79. The van der Waals surface area contributed by atoms with Crippen LogP contribution < -0.4 is 5.32 Å². The molecule has 2 aliphatic carbocycles. The number of hydrogen-bond acceptors (Lipinski definition) is 1. The zero-order chi connectivity index (χ0) is 10.8. The van der Waals surface area contributed by atoms with E-state index in [9.17, 15) is 0 Å². The molecule has 2 aliphatic rings. The third-order valence-corrected chi connectivity index (χ3v) is 3.88. The van der Waals surface area contributed by atoms with Crippen molar-refractivity contribution in [1.82, 2.24) is 5.32 Å². The van der Waals surface area contributed by atoms with E-state index in [1.54, 1.807) is 11.1 Å². The summed E-state index contributed by atoms with van der Waals surface area (Å²) in [5.74, 6) is 0.766. The monoisotopic (exact) mass is 213 g/mol. The fourth-order valence-corrected chi connectivity index (χ4v) is 2.83. The molecule has 1 aromatic rings. The topological polar surface area (TPSA) is 12.0 Å². The van der Waals surface area contributed by atoms with Crippen LogP contribution >= 0.6 is 0 Å². The third kappa shape index (κ3) is 1.92. The van der Waals surface area contributed by atoms with Gasteiger partial charge in [-0.05, 0) is 36.8 Å². The molecule has 1 nitrogen and oxygen atoms in total. The van der Waals surface area contributed by atoms with Gasteiger partial charge in [-0.2, -0.15) is 0 Å². The van der Waals surface area contributed by atoms with Gasteiger partial charge in [0.25, 0.3) is 0 Å². The predicted octanol–water partition coefficient (Wildman–Crippen LogP) is 3.02. The number of benzene rings is 1. The van der Waals surface area contributed by atoms with Crippen molar-refractivity contribution in [1.29, 1.82) is 0 Å². The number of hydrogen-bond donors (Lipinski definition) is 1. The molecule has 0 radical (unpaired) electrons. The van der Waals surface area contributed by atoms with E-state index in [0.29, 0.717) is 0 Å². The van der Waals surface area contributed by atoms with Gasteiger partial charge in [0.2, 0.25) is 0 Å². The summed E-state index contributed by atoms with van der Waals surface area (Å²) in [6.07, 6.45) is 9.66. The van der Waals surface area contributed by atoms with Crippen LogP contribution in [-0.4, -0.2) is 12.6 Å². The molecule has 0 saturated carbocycles. The van der Waals surface area contributed by atoms with Crippen molar-refractivity contribution < 1.29 is 0 Å². The van der Waals surface area contributed by atoms with Gasteiger partial charge in [-0.3, -0.25) is 0 Å². The smallest absolute Gasteiger partial charge is 0.0105 e. The molecular weight excluding hydrogens is 194 g/mol. The molecule has 16 heavy (non-hydrogen) atoms. The Hall–Kier alpha value is -1.08. The fourth-order valence-electron chi connectivity index (χ4n) is 2.83. The van der Waals surface area contributed by atoms with Gasteiger partial charge in [0.1, 0.15) is 0 Å². The first kappa shape index (κ1) is 10.1. The van der Waals surface area contributed by atoms with E-state index in [0.717, 1.165) is 18.5 Å². The Balaban J connectivity index is 1.53. The standard InChI is InChI=1S/C15H19N/c1-2-7-14(8-3-1)16-11-13-10-12-6-4-5-9-15(12)13/h1-2,4-6,9,13-14,16H,3,7-8,10-11H2. The van der Waals surface area contributed by atoms with Gasteiger partial charge >= 0.3 is 0 Å². The van der Waals surface area contributed by atoms with E-state index < -0.39 is 0 Å². The maximum absolute atomic E-state index is 3.71. The Labute approximate surface area is 97.6 Å². The van der Waals surface area contributed by atoms with E-state index in [4.69, 9.17) is 0 Å². The van der Waals surface area contributed by atoms with Crippen LogP contribution in [0.15, 0.2) is 36.4 Å². The molecule has 0 spiro atoms. The predicted molar refractivity (Wildman–Crippen MR) is 67.7 cm³/mol. The van der Waals surface area contributed by atoms with Gasteiger partial charge in [0.05, 0.1) is 0 Å². The van der Waals surface area contributed by atoms with Crippen molar-refractivity contribution in [3.8, 4) is 0 Å². The van der Waals surface area contributed by atoms with Gasteiger partial charge in [-0.15, -0.1) is 0 Å². The fraction of sp³-hybridized carbons (Fsp3) is 0.467. The molecule has 0 fully saturated rings. The maximum atomic E-state index is 3.71. The molecule has 2 atom stereocenters. The van der Waals surface area contributed by atoms with Crippen LogP contribution in [0, 0.1) is 0 Å². The lowest BCUT2D eigenvalue weighted by Crippen LogP contribution is -2.36. The maximum Gasteiger partial charge on any atom is 0.0105 e. The summed E-state index contributed by atoms with van der Waals surface area (Å²) in [5, 5.41) is 3.71. The first-order valence-electron chi connectivity index (χ1n) is 6.39. The van der Waals surface area contributed by atoms with Crippen LogP contribution in [0.3, 0.4) is 0 Å². The van der Waals surface area contributed by atoms with Crippen molar-refractivity contribution in [2.75, 3.05) is 6.54 Å². The lowest BCUT2D eigenvalue weighted by molar-refractivity contribution is 0.435. The normalized spacial score (nSPS) is 27.2. The highest BCUT2D eigenvalue weighted by molar-refractivity contribution is 5.40. The molecule has 0 heterocycles. The Morgan fingerprint density at radius 3 is 2.94 bits per heavy atom. The lowest BCUT2D eigenvalue weighted by Gasteiger charge is -2.32. The molecule has 0 bridgehead atoms. The minimum Gasteiger partial charge on any atom is -0.313 e. The molecule has 0 aliphatic heterocycles. The van der Waals surface area contributed by atoms with Gasteiger partial charge in [-0.25, -0.2) is 0 Å². The summed E-state index contributed by atoms with van der Waals surface area (Å²) in [7, 11) is 0. The van der Waals surface area contributed by atoms with Crippen LogP contribution in [0.1, 0.15) is 36.3 Å². The molecule has 0 aromatic heterocycles. The molecule has 1 aromatic carbocycles. The highest BCUT2D eigenvalue weighted by Gasteiger charge is 2.25. The van der Waals surface area contributed by atoms with Crippen LogP contribution in [0.2, 0.25) is 0 Å². The Morgan fingerprint density at radius 2 is 2.12 bits per heavy atom. The summed E-state index contributed by atoms with van der Waals surface area (Å²) in [5.41, 5.74) is 3.12. The highest BCUT2D eigenvalue weighted by atomic mass is 14.9. The summed E-state index contributed by atoms with van der Waals surface area (Å²) in [4.78, 5) is 0. The van der Waals surface area contributed by atoms with Crippen LogP contribution in [0.25, 0.3) is 0 Å². The second-order valence-corrected chi connectivity index (χ2v) is 4.99. The quantitative estimate of drug-likeness (QED) is 0.761. The van der Waals surface area contributed by atoms with Gasteiger partial charge in [0, 0.05) is 18.5 Å². The minimum atomic E-state index is 0.720. The van der Waals surface area contributed by atoms with Crippen LogP contribution in [0.4, 0.5) is 0 Å². The Morgan fingerprint density at radius 1 is 1.19 bits per heavy atom. The van der Waals surface area contributed by atoms with Gasteiger partial charge in [-0.1, -0.05) is 36.4 Å². The van der Waals surface area contributed by atoms with Crippen molar-refractivity contribution >= 4 is 0 Å². The first-order chi connectivity index (χ1) is 7.93. The lowest BCUT2D eigenvalue weighted by atomic mass is 9.77. The third-order valence-electron chi connectivity index (χ3n) is 3.88. The number of nitrogens with one attached hydrogen (secondary N) is 1. The van der Waals surface area contributed by atoms with Crippen LogP contribution in [-0.2, 0) is 6.42 Å². The summed E-state index contributed by atoms with van der Waals surface area (Å²) >= 11 is 0. The highest BCUT2D eigenvalue weighted by Crippen LogP contribution is 2.34. The summed E-state index contributed by atoms with van der Waals surface area (Å²) < 4.78 is 0. The number of allylic oxidation sites excluding steroid dienone is 1. The van der Waals surface area contributed by atoms with E-state index in [1.165, 1.54) is 25.7 Å². The number of rotatable bonds is 3. The zero-order valence-corrected chi connectivity index (χ0v) is 9.65. The molecule has 1 heteroatoms. The van der Waals surface area contributed by atoms with Crippen molar-refractivity contribution in [3.63, 3.8) is 0 Å². The first-order valence-corrected chi connectivity index (χ1v) is 6.39. The van der Waals surface area contributed by atoms with Crippen molar-refractivity contribution in [3.05, 3.63) is 47.5 Å². The average molecular weight is 213 g/mol. The molecule has 3 rings (SSSR count). The summed E-state index contributed by atoms with van der Waals surface area (Å²) in [6, 6.07) is 9.57. The molecular formula is C15H19N. The zero-order valence-electron chi connectivity index (χ0n) is 9.65. The molecule has 0 saturated heterocycles. The minimum absolute atomic E-state index is 0.720. The average Bonchev–Trinajstić information content (AvgIpc) is 2.32. The van der Waals surface area contributed by atoms with E-state index >= 15 is 0 Å². The van der Waals surface area contributed by atoms with E-state index in [-0.39, 0.29) is 0 Å². The molecule has 0 amide bonds. The van der Waals surface area contributed by atoms with E-state index in [1.807, 2.05) is 0 Å². The number of fused-ring (bicyclic) bond motifs is 1. The molecule has 1 N–H and O–H groups in total. The van der Waals surface area contributed by atoms with E-state index in [2.05, 4.69) is 41.7 Å². The second kappa shape index (κ2) is 4.42.